The fourth-order valence-electron chi connectivity index (χ4n) is 5.47. The summed E-state index contributed by atoms with van der Waals surface area (Å²) in [4.78, 5) is 28.4. The lowest BCUT2D eigenvalue weighted by atomic mass is 9.83. The third-order valence-corrected chi connectivity index (χ3v) is 6.72. The SMILES string of the molecule is O=C(/C=C/C[NH+]1C[C@H]2C[C@@H](C1)c1cccc(=O)n1C2)N1CCCc2ccccc21. The number of nitrogens with one attached hydrogen (secondary N) is 1. The first-order chi connectivity index (χ1) is 14.2. The number of pyridine rings is 1. The summed E-state index contributed by atoms with van der Waals surface area (Å²) in [7, 11) is 0. The molecule has 150 valence electrons. The normalized spacial score (nSPS) is 25.5. The van der Waals surface area contributed by atoms with Crippen LogP contribution in [0.1, 0.15) is 30.0 Å². The number of quaternary nitrogens is 1. The first-order valence-corrected chi connectivity index (χ1v) is 10.8. The molecule has 5 heteroatoms. The van der Waals surface area contributed by atoms with E-state index in [4.69, 9.17) is 0 Å². The van der Waals surface area contributed by atoms with Gasteiger partial charge in [-0.05, 0) is 43.0 Å². The fourth-order valence-corrected chi connectivity index (χ4v) is 5.47. The number of aryl methyl sites for hydroxylation is 1. The molecule has 1 aromatic heterocycles. The van der Waals surface area contributed by atoms with Gasteiger partial charge in [-0.2, -0.15) is 0 Å². The van der Waals surface area contributed by atoms with Crippen molar-refractivity contribution < 1.29 is 9.69 Å². The Bertz CT molecular complexity index is 1010. The van der Waals surface area contributed by atoms with Crippen molar-refractivity contribution >= 4 is 11.6 Å². The summed E-state index contributed by atoms with van der Waals surface area (Å²) in [6.45, 7) is 4.60. The van der Waals surface area contributed by atoms with Crippen LogP contribution in [-0.2, 0) is 17.8 Å². The van der Waals surface area contributed by atoms with Crippen molar-refractivity contribution in [2.24, 2.45) is 5.92 Å². The number of carbonyl (C=O) groups is 1. The number of rotatable bonds is 3. The maximum atomic E-state index is 12.8. The van der Waals surface area contributed by atoms with Crippen LogP contribution in [-0.4, -0.2) is 36.7 Å². The average molecular weight is 391 g/mol. The summed E-state index contributed by atoms with van der Waals surface area (Å²) >= 11 is 0. The number of hydrogen-bond donors (Lipinski definition) is 1. The molecule has 1 N–H and O–H groups in total. The number of anilines is 1. The quantitative estimate of drug-likeness (QED) is 0.805. The van der Waals surface area contributed by atoms with Crippen molar-refractivity contribution in [3.8, 4) is 0 Å². The van der Waals surface area contributed by atoms with E-state index in [1.807, 2.05) is 33.7 Å². The number of likely N-dealkylation sites (tertiary alicyclic amines) is 1. The molecule has 0 spiro atoms. The first kappa shape index (κ1) is 18.4. The zero-order chi connectivity index (χ0) is 19.8. The summed E-state index contributed by atoms with van der Waals surface area (Å²) in [5.41, 5.74) is 3.66. The number of benzene rings is 1. The Kier molecular flexibility index (Phi) is 4.84. The molecule has 5 rings (SSSR count). The monoisotopic (exact) mass is 390 g/mol. The van der Waals surface area contributed by atoms with Crippen LogP contribution in [0.25, 0.3) is 0 Å². The van der Waals surface area contributed by atoms with Crippen LogP contribution in [0, 0.1) is 5.92 Å². The fraction of sp³-hybridized carbons (Fsp3) is 0.417. The maximum absolute atomic E-state index is 12.8. The minimum atomic E-state index is 0.0886. The molecule has 0 radical (unpaired) electrons. The molecular weight excluding hydrogens is 362 g/mol. The van der Waals surface area contributed by atoms with Gasteiger partial charge in [0.05, 0.1) is 19.6 Å². The molecule has 2 aromatic rings. The van der Waals surface area contributed by atoms with Crippen molar-refractivity contribution in [1.82, 2.24) is 4.57 Å². The number of fused-ring (bicyclic) bond motifs is 5. The van der Waals surface area contributed by atoms with E-state index < -0.39 is 0 Å². The predicted molar refractivity (Wildman–Crippen MR) is 113 cm³/mol. The van der Waals surface area contributed by atoms with E-state index in [1.54, 1.807) is 12.1 Å². The number of para-hydroxylation sites is 1. The lowest BCUT2D eigenvalue weighted by Crippen LogP contribution is -3.14. The highest BCUT2D eigenvalue weighted by Gasteiger charge is 2.36. The van der Waals surface area contributed by atoms with Gasteiger partial charge in [0.1, 0.15) is 0 Å². The molecule has 0 aliphatic carbocycles. The molecule has 5 nitrogen and oxygen atoms in total. The van der Waals surface area contributed by atoms with Gasteiger partial charge in [0.2, 0.25) is 0 Å². The van der Waals surface area contributed by atoms with Crippen molar-refractivity contribution in [1.29, 1.82) is 0 Å². The van der Waals surface area contributed by atoms with Crippen molar-refractivity contribution in [3.63, 3.8) is 0 Å². The summed E-state index contributed by atoms with van der Waals surface area (Å²) in [6, 6.07) is 13.9. The summed E-state index contributed by atoms with van der Waals surface area (Å²) in [5, 5.41) is 0. The van der Waals surface area contributed by atoms with E-state index >= 15 is 0 Å². The van der Waals surface area contributed by atoms with Gasteiger partial charge in [-0.3, -0.25) is 9.59 Å². The van der Waals surface area contributed by atoms with Gasteiger partial charge < -0.3 is 14.4 Å². The highest BCUT2D eigenvalue weighted by Crippen LogP contribution is 2.30. The minimum Gasteiger partial charge on any atom is -0.331 e. The van der Waals surface area contributed by atoms with Crippen molar-refractivity contribution in [2.75, 3.05) is 31.1 Å². The van der Waals surface area contributed by atoms with Crippen LogP contribution >= 0.6 is 0 Å². The zero-order valence-electron chi connectivity index (χ0n) is 16.7. The number of hydrogen-bond acceptors (Lipinski definition) is 2. The lowest BCUT2D eigenvalue weighted by molar-refractivity contribution is -0.905. The summed E-state index contributed by atoms with van der Waals surface area (Å²) in [5.74, 6) is 1.09. The second kappa shape index (κ2) is 7.64. The van der Waals surface area contributed by atoms with Gasteiger partial charge in [-0.25, -0.2) is 0 Å². The van der Waals surface area contributed by atoms with Crippen LogP contribution < -0.4 is 15.4 Å². The van der Waals surface area contributed by atoms with Crippen LogP contribution in [0.15, 0.2) is 59.4 Å². The van der Waals surface area contributed by atoms with E-state index in [9.17, 15) is 9.59 Å². The highest BCUT2D eigenvalue weighted by atomic mass is 16.2. The molecule has 4 heterocycles. The van der Waals surface area contributed by atoms with Crippen LogP contribution in [0.3, 0.4) is 0 Å². The molecule has 29 heavy (non-hydrogen) atoms. The Balaban J connectivity index is 1.24. The van der Waals surface area contributed by atoms with Gasteiger partial charge in [0.25, 0.3) is 11.5 Å². The molecule has 1 aromatic carbocycles. The predicted octanol–water partition coefficient (Wildman–Crippen LogP) is 1.39. The number of nitrogens with zero attached hydrogens (tertiary/aromatic N) is 2. The van der Waals surface area contributed by atoms with Gasteiger partial charge in [0.15, 0.2) is 0 Å². The molecule has 2 bridgehead atoms. The van der Waals surface area contributed by atoms with E-state index in [1.165, 1.54) is 22.6 Å². The van der Waals surface area contributed by atoms with Gasteiger partial charge in [-0.15, -0.1) is 0 Å². The Hall–Kier alpha value is -2.66. The molecule has 1 unspecified atom stereocenters. The van der Waals surface area contributed by atoms with E-state index in [2.05, 4.69) is 18.2 Å². The molecule has 3 aliphatic rings. The van der Waals surface area contributed by atoms with E-state index in [0.717, 1.165) is 51.3 Å². The Morgan fingerprint density at radius 2 is 2.03 bits per heavy atom. The van der Waals surface area contributed by atoms with E-state index in [0.29, 0.717) is 11.8 Å². The molecule has 1 fully saturated rings. The third kappa shape index (κ3) is 3.55. The zero-order valence-corrected chi connectivity index (χ0v) is 16.7. The van der Waals surface area contributed by atoms with E-state index in [-0.39, 0.29) is 11.5 Å². The molecule has 1 amide bonds. The van der Waals surface area contributed by atoms with Crippen LogP contribution in [0.5, 0.6) is 0 Å². The molecule has 0 saturated carbocycles. The molecule has 3 aliphatic heterocycles. The standard InChI is InChI=1S/C24H27N3O2/c28-23(26-13-4-7-19-6-1-2-8-21(19)26)11-5-12-25-15-18-14-20(17-25)22-9-3-10-24(29)27(22)16-18/h1-3,5-6,8-11,18,20H,4,7,12-17H2/p+1/b11-5+/t18-,20+/m1/s1. The van der Waals surface area contributed by atoms with Gasteiger partial charge in [0, 0.05) is 48.4 Å². The third-order valence-electron chi connectivity index (χ3n) is 6.72. The number of aromatic nitrogens is 1. The number of piperidine rings is 1. The minimum absolute atomic E-state index is 0.0886. The molecule has 3 atom stereocenters. The molecule has 1 saturated heterocycles. The number of carbonyl (C=O) groups excluding carboxylic acids is 1. The first-order valence-electron chi connectivity index (χ1n) is 10.8. The smallest absolute Gasteiger partial charge is 0.250 e. The Morgan fingerprint density at radius 3 is 2.97 bits per heavy atom. The summed E-state index contributed by atoms with van der Waals surface area (Å²) in [6.07, 6.45) is 7.07. The molecular formula is C24H28N3O2+. The average Bonchev–Trinajstić information content (AvgIpc) is 2.74. The summed E-state index contributed by atoms with van der Waals surface area (Å²) < 4.78 is 1.97. The van der Waals surface area contributed by atoms with Crippen LogP contribution in [0.4, 0.5) is 5.69 Å². The van der Waals surface area contributed by atoms with Crippen molar-refractivity contribution in [2.45, 2.75) is 31.7 Å². The second-order valence-electron chi connectivity index (χ2n) is 8.69. The van der Waals surface area contributed by atoms with Crippen molar-refractivity contribution in [3.05, 3.63) is 76.2 Å². The van der Waals surface area contributed by atoms with Gasteiger partial charge in [-0.1, -0.05) is 24.3 Å². The van der Waals surface area contributed by atoms with Gasteiger partial charge >= 0.3 is 0 Å². The second-order valence-corrected chi connectivity index (χ2v) is 8.69. The lowest BCUT2D eigenvalue weighted by Gasteiger charge is -2.40. The topological polar surface area (TPSA) is 46.8 Å². The Morgan fingerprint density at radius 1 is 1.14 bits per heavy atom. The highest BCUT2D eigenvalue weighted by molar-refractivity contribution is 6.02. The van der Waals surface area contributed by atoms with Crippen LogP contribution in [0.2, 0.25) is 0 Å². The number of amides is 1. The largest absolute Gasteiger partial charge is 0.331 e. The Labute approximate surface area is 171 Å². The maximum Gasteiger partial charge on any atom is 0.250 e.